The minimum atomic E-state index is -0.807. The molecule has 0 saturated carbocycles. The van der Waals surface area contributed by atoms with Gasteiger partial charge in [-0.05, 0) is 31.9 Å². The van der Waals surface area contributed by atoms with E-state index in [0.29, 0.717) is 6.42 Å². The number of carboxylic acids is 1. The van der Waals surface area contributed by atoms with Gasteiger partial charge in [-0.2, -0.15) is 0 Å². The van der Waals surface area contributed by atoms with Gasteiger partial charge in [0.05, 0.1) is 16.4 Å². The lowest BCUT2D eigenvalue weighted by Gasteiger charge is -2.16. The summed E-state index contributed by atoms with van der Waals surface area (Å²) in [4.78, 5) is 18.9. The Balaban J connectivity index is 2.39. The van der Waals surface area contributed by atoms with Crippen molar-refractivity contribution in [2.75, 3.05) is 0 Å². The van der Waals surface area contributed by atoms with E-state index in [1.165, 1.54) is 5.56 Å². The van der Waals surface area contributed by atoms with E-state index in [2.05, 4.69) is 23.0 Å². The van der Waals surface area contributed by atoms with Crippen LogP contribution in [0.5, 0.6) is 0 Å². The minimum Gasteiger partial charge on any atom is -0.481 e. The molecule has 0 bridgehead atoms. The van der Waals surface area contributed by atoms with Crippen molar-refractivity contribution in [1.29, 1.82) is 0 Å². The van der Waals surface area contributed by atoms with Crippen molar-refractivity contribution in [3.63, 3.8) is 0 Å². The number of aliphatic carboxylic acids is 1. The van der Waals surface area contributed by atoms with Gasteiger partial charge in [0, 0.05) is 6.42 Å². The molecular formula is C14H18N2O2. The second-order valence-electron chi connectivity index (χ2n) is 5.22. The summed E-state index contributed by atoms with van der Waals surface area (Å²) < 4.78 is 0. The number of H-pyrrole nitrogens is 1. The van der Waals surface area contributed by atoms with Crippen molar-refractivity contribution in [1.82, 2.24) is 9.97 Å². The number of para-hydroxylation sites is 1. The molecule has 0 aliphatic heterocycles. The van der Waals surface area contributed by atoms with Crippen molar-refractivity contribution in [3.8, 4) is 0 Å². The van der Waals surface area contributed by atoms with Gasteiger partial charge in [0.2, 0.25) is 0 Å². The summed E-state index contributed by atoms with van der Waals surface area (Å²) in [5.41, 5.74) is 2.31. The first-order valence-corrected chi connectivity index (χ1v) is 6.14. The Labute approximate surface area is 106 Å². The number of benzene rings is 1. The molecule has 4 nitrogen and oxygen atoms in total. The number of aryl methyl sites for hydroxylation is 1. The summed E-state index contributed by atoms with van der Waals surface area (Å²) >= 11 is 0. The van der Waals surface area contributed by atoms with Gasteiger partial charge in [0.1, 0.15) is 5.82 Å². The van der Waals surface area contributed by atoms with E-state index >= 15 is 0 Å². The smallest absolute Gasteiger partial charge is 0.309 e. The first-order chi connectivity index (χ1) is 8.44. The van der Waals surface area contributed by atoms with Crippen molar-refractivity contribution < 1.29 is 9.90 Å². The monoisotopic (exact) mass is 246 g/mol. The second kappa shape index (κ2) is 4.44. The first-order valence-electron chi connectivity index (χ1n) is 6.14. The maximum Gasteiger partial charge on any atom is 0.309 e. The first kappa shape index (κ1) is 12.6. The van der Waals surface area contributed by atoms with E-state index in [-0.39, 0.29) is 0 Å². The number of rotatable bonds is 4. The Hall–Kier alpha value is -1.84. The summed E-state index contributed by atoms with van der Waals surface area (Å²) in [6, 6.07) is 6.01. The fourth-order valence-corrected chi connectivity index (χ4v) is 2.01. The SMILES string of the molecule is CCc1cccc2[nH]c(CC(C)(C)C(=O)O)nc12. The number of nitrogens with zero attached hydrogens (tertiary/aromatic N) is 1. The number of nitrogens with one attached hydrogen (secondary N) is 1. The quantitative estimate of drug-likeness (QED) is 0.871. The fourth-order valence-electron chi connectivity index (χ4n) is 2.01. The molecule has 0 unspecified atom stereocenters. The summed E-state index contributed by atoms with van der Waals surface area (Å²) in [6.45, 7) is 5.51. The molecule has 0 aliphatic rings. The predicted octanol–water partition coefficient (Wildman–Crippen LogP) is 2.78. The number of aromatic nitrogens is 2. The molecule has 0 aliphatic carbocycles. The van der Waals surface area contributed by atoms with Crippen molar-refractivity contribution in [3.05, 3.63) is 29.6 Å². The Morgan fingerprint density at radius 3 is 2.78 bits per heavy atom. The highest BCUT2D eigenvalue weighted by atomic mass is 16.4. The van der Waals surface area contributed by atoms with Gasteiger partial charge in [0.15, 0.2) is 0 Å². The lowest BCUT2D eigenvalue weighted by atomic mass is 9.89. The number of carboxylic acid groups (broad SMARTS) is 1. The molecule has 0 spiro atoms. The Bertz CT molecular complexity index is 584. The van der Waals surface area contributed by atoms with Crippen LogP contribution in [0.2, 0.25) is 0 Å². The van der Waals surface area contributed by atoms with Crippen LogP contribution in [0.3, 0.4) is 0 Å². The molecule has 1 aromatic carbocycles. The lowest BCUT2D eigenvalue weighted by Crippen LogP contribution is -2.26. The zero-order chi connectivity index (χ0) is 13.3. The molecule has 0 amide bonds. The van der Waals surface area contributed by atoms with E-state index < -0.39 is 11.4 Å². The third kappa shape index (κ3) is 2.23. The zero-order valence-corrected chi connectivity index (χ0v) is 10.9. The molecule has 4 heteroatoms. The highest BCUT2D eigenvalue weighted by Crippen LogP contribution is 2.23. The highest BCUT2D eigenvalue weighted by molar-refractivity contribution is 5.79. The van der Waals surface area contributed by atoms with Gasteiger partial charge in [-0.15, -0.1) is 0 Å². The van der Waals surface area contributed by atoms with Crippen molar-refractivity contribution in [2.45, 2.75) is 33.6 Å². The van der Waals surface area contributed by atoms with Gasteiger partial charge >= 0.3 is 5.97 Å². The maximum absolute atomic E-state index is 11.1. The molecule has 2 rings (SSSR count). The normalized spacial score (nSPS) is 11.9. The van der Waals surface area contributed by atoms with E-state index in [9.17, 15) is 4.79 Å². The molecule has 2 aromatic rings. The number of hydrogen-bond acceptors (Lipinski definition) is 2. The van der Waals surface area contributed by atoms with Gasteiger partial charge in [-0.1, -0.05) is 19.1 Å². The van der Waals surface area contributed by atoms with E-state index in [4.69, 9.17) is 5.11 Å². The van der Waals surface area contributed by atoms with Crippen LogP contribution in [0.25, 0.3) is 11.0 Å². The van der Waals surface area contributed by atoms with Crippen molar-refractivity contribution in [2.24, 2.45) is 5.41 Å². The third-order valence-electron chi connectivity index (χ3n) is 3.21. The Morgan fingerprint density at radius 2 is 2.17 bits per heavy atom. The Morgan fingerprint density at radius 1 is 1.44 bits per heavy atom. The van der Waals surface area contributed by atoms with Gasteiger partial charge in [0.25, 0.3) is 0 Å². The molecule has 0 saturated heterocycles. The zero-order valence-electron chi connectivity index (χ0n) is 10.9. The Kier molecular flexibility index (Phi) is 3.11. The fraction of sp³-hybridized carbons (Fsp3) is 0.429. The van der Waals surface area contributed by atoms with Crippen LogP contribution >= 0.6 is 0 Å². The number of imidazole rings is 1. The van der Waals surface area contributed by atoms with E-state index in [1.54, 1.807) is 13.8 Å². The van der Waals surface area contributed by atoms with E-state index in [1.807, 2.05) is 12.1 Å². The molecule has 2 N–H and O–H groups in total. The van der Waals surface area contributed by atoms with Crippen LogP contribution in [0.1, 0.15) is 32.2 Å². The maximum atomic E-state index is 11.1. The average Bonchev–Trinajstić information content (AvgIpc) is 2.69. The van der Waals surface area contributed by atoms with Crippen LogP contribution in [0.15, 0.2) is 18.2 Å². The highest BCUT2D eigenvalue weighted by Gasteiger charge is 2.28. The summed E-state index contributed by atoms with van der Waals surface area (Å²) in [7, 11) is 0. The molecule has 0 radical (unpaired) electrons. The molecule has 0 atom stereocenters. The predicted molar refractivity (Wildman–Crippen MR) is 70.6 cm³/mol. The summed E-state index contributed by atoms with van der Waals surface area (Å²) in [5.74, 6) is -0.0722. The molecular weight excluding hydrogens is 228 g/mol. The van der Waals surface area contributed by atoms with Gasteiger partial charge in [-0.25, -0.2) is 4.98 Å². The topological polar surface area (TPSA) is 66.0 Å². The summed E-state index contributed by atoms with van der Waals surface area (Å²) in [6.07, 6.45) is 1.32. The average molecular weight is 246 g/mol. The number of hydrogen-bond donors (Lipinski definition) is 2. The van der Waals surface area contributed by atoms with Crippen LogP contribution < -0.4 is 0 Å². The van der Waals surface area contributed by atoms with Crippen LogP contribution in [0.4, 0.5) is 0 Å². The van der Waals surface area contributed by atoms with E-state index in [0.717, 1.165) is 23.3 Å². The largest absolute Gasteiger partial charge is 0.481 e. The molecule has 96 valence electrons. The molecule has 18 heavy (non-hydrogen) atoms. The number of aromatic amines is 1. The lowest BCUT2D eigenvalue weighted by molar-refractivity contribution is -0.146. The van der Waals surface area contributed by atoms with Crippen LogP contribution in [-0.2, 0) is 17.6 Å². The number of carbonyl (C=O) groups is 1. The van der Waals surface area contributed by atoms with Gasteiger partial charge < -0.3 is 10.1 Å². The van der Waals surface area contributed by atoms with Crippen LogP contribution in [0, 0.1) is 5.41 Å². The second-order valence-corrected chi connectivity index (χ2v) is 5.22. The third-order valence-corrected chi connectivity index (χ3v) is 3.21. The minimum absolute atomic E-state index is 0.403. The molecule has 1 aromatic heterocycles. The van der Waals surface area contributed by atoms with Gasteiger partial charge in [-0.3, -0.25) is 4.79 Å². The molecule has 1 heterocycles. The number of fused-ring (bicyclic) bond motifs is 1. The van der Waals surface area contributed by atoms with Crippen molar-refractivity contribution >= 4 is 17.0 Å². The molecule has 0 fully saturated rings. The summed E-state index contributed by atoms with van der Waals surface area (Å²) in [5, 5.41) is 9.14. The van der Waals surface area contributed by atoms with Crippen LogP contribution in [-0.4, -0.2) is 21.0 Å². The standard InChI is InChI=1S/C14H18N2O2/c1-4-9-6-5-7-10-12(9)16-11(15-10)8-14(2,3)13(17)18/h5-7H,4,8H2,1-3H3,(H,15,16)(H,17,18).